The van der Waals surface area contributed by atoms with Gasteiger partial charge in [-0.3, -0.25) is 0 Å². The summed E-state index contributed by atoms with van der Waals surface area (Å²) in [6.45, 7) is 4.15. The standard InChI is InChI=1S/C25H27N5O/c1-17(18-5-3-2-4-6-18)31-21-9-7-19(8-10-21)23-15-22-24(27-16-28-25(22)30-23)29-20-11-13-26-14-12-20/h2-10,15-17,20,26H,11-14H2,1H3,(H2,27,28,29,30). The van der Waals surface area contributed by atoms with Crippen molar-refractivity contribution in [3.05, 3.63) is 72.6 Å². The second kappa shape index (κ2) is 8.78. The predicted octanol–water partition coefficient (Wildman–Crippen LogP) is 4.93. The summed E-state index contributed by atoms with van der Waals surface area (Å²) in [4.78, 5) is 12.4. The lowest BCUT2D eigenvalue weighted by Gasteiger charge is -2.24. The fourth-order valence-electron chi connectivity index (χ4n) is 4.08. The molecule has 0 spiro atoms. The van der Waals surface area contributed by atoms with Crippen LogP contribution in [0.4, 0.5) is 5.82 Å². The first-order valence-electron chi connectivity index (χ1n) is 10.9. The van der Waals surface area contributed by atoms with Crippen molar-refractivity contribution < 1.29 is 4.74 Å². The lowest BCUT2D eigenvalue weighted by atomic mass is 10.1. The SMILES string of the molecule is CC(Oc1ccc(-c2cc3c(NC4CCNCC4)ncnc3[nH]2)cc1)c1ccccc1. The normalized spacial score (nSPS) is 15.6. The topological polar surface area (TPSA) is 74.9 Å². The Labute approximate surface area is 182 Å². The zero-order valence-corrected chi connectivity index (χ0v) is 17.6. The lowest BCUT2D eigenvalue weighted by molar-refractivity contribution is 0.227. The largest absolute Gasteiger partial charge is 0.486 e. The molecule has 158 valence electrons. The molecule has 0 radical (unpaired) electrons. The number of piperidine rings is 1. The van der Waals surface area contributed by atoms with E-state index in [2.05, 4.69) is 62.8 Å². The van der Waals surface area contributed by atoms with Crippen LogP contribution in [0.25, 0.3) is 22.3 Å². The number of hydrogen-bond donors (Lipinski definition) is 3. The van der Waals surface area contributed by atoms with Crippen molar-refractivity contribution in [2.45, 2.75) is 31.9 Å². The highest BCUT2D eigenvalue weighted by atomic mass is 16.5. The molecule has 0 bridgehead atoms. The van der Waals surface area contributed by atoms with E-state index >= 15 is 0 Å². The minimum atomic E-state index is -0.000907. The number of aromatic amines is 1. The molecular weight excluding hydrogens is 386 g/mol. The number of rotatable bonds is 6. The van der Waals surface area contributed by atoms with E-state index < -0.39 is 0 Å². The number of nitrogens with zero attached hydrogens (tertiary/aromatic N) is 2. The summed E-state index contributed by atoms with van der Waals surface area (Å²) in [6.07, 6.45) is 3.82. The molecule has 5 rings (SSSR count). The van der Waals surface area contributed by atoms with Crippen LogP contribution in [0.3, 0.4) is 0 Å². The molecule has 6 heteroatoms. The average Bonchev–Trinajstić information content (AvgIpc) is 3.26. The number of fused-ring (bicyclic) bond motifs is 1. The smallest absolute Gasteiger partial charge is 0.143 e. The van der Waals surface area contributed by atoms with Crippen molar-refractivity contribution in [1.82, 2.24) is 20.3 Å². The van der Waals surface area contributed by atoms with Crippen molar-refractivity contribution in [1.29, 1.82) is 0 Å². The molecule has 2 aromatic heterocycles. The molecule has 1 atom stereocenters. The van der Waals surface area contributed by atoms with Gasteiger partial charge in [-0.1, -0.05) is 30.3 Å². The Bertz CT molecular complexity index is 1130. The Morgan fingerprint density at radius 3 is 2.55 bits per heavy atom. The first kappa shape index (κ1) is 19.6. The highest BCUT2D eigenvalue weighted by molar-refractivity contribution is 5.91. The Hall–Kier alpha value is -3.38. The van der Waals surface area contributed by atoms with Crippen LogP contribution in [-0.4, -0.2) is 34.1 Å². The van der Waals surface area contributed by atoms with Crippen LogP contribution in [-0.2, 0) is 0 Å². The van der Waals surface area contributed by atoms with Crippen LogP contribution < -0.4 is 15.4 Å². The number of benzene rings is 2. The monoisotopic (exact) mass is 413 g/mol. The Kier molecular flexibility index (Phi) is 5.54. The van der Waals surface area contributed by atoms with E-state index in [-0.39, 0.29) is 6.10 Å². The van der Waals surface area contributed by atoms with E-state index in [1.165, 1.54) is 0 Å². The summed E-state index contributed by atoms with van der Waals surface area (Å²) in [7, 11) is 0. The summed E-state index contributed by atoms with van der Waals surface area (Å²) in [5, 5.41) is 8.03. The second-order valence-corrected chi connectivity index (χ2v) is 8.03. The molecule has 1 aliphatic rings. The van der Waals surface area contributed by atoms with Gasteiger partial charge in [0.1, 0.15) is 29.6 Å². The molecule has 1 aliphatic heterocycles. The zero-order valence-electron chi connectivity index (χ0n) is 17.6. The zero-order chi connectivity index (χ0) is 21.0. The van der Waals surface area contributed by atoms with Crippen LogP contribution in [0, 0.1) is 0 Å². The molecule has 0 amide bonds. The van der Waals surface area contributed by atoms with E-state index in [0.29, 0.717) is 6.04 Å². The van der Waals surface area contributed by atoms with Crippen molar-refractivity contribution in [2.24, 2.45) is 0 Å². The summed E-state index contributed by atoms with van der Waals surface area (Å²) < 4.78 is 6.11. The number of H-pyrrole nitrogens is 1. The average molecular weight is 414 g/mol. The van der Waals surface area contributed by atoms with Gasteiger partial charge in [-0.25, -0.2) is 9.97 Å². The Balaban J connectivity index is 1.34. The van der Waals surface area contributed by atoms with Gasteiger partial charge in [0.15, 0.2) is 0 Å². The number of nitrogens with one attached hydrogen (secondary N) is 3. The molecular formula is C25H27N5O. The number of hydrogen-bond acceptors (Lipinski definition) is 5. The molecule has 3 heterocycles. The van der Waals surface area contributed by atoms with Gasteiger partial charge in [0, 0.05) is 11.7 Å². The van der Waals surface area contributed by atoms with Gasteiger partial charge in [0.05, 0.1) is 5.39 Å². The van der Waals surface area contributed by atoms with Crippen LogP contribution >= 0.6 is 0 Å². The minimum Gasteiger partial charge on any atom is -0.486 e. The van der Waals surface area contributed by atoms with E-state index in [1.54, 1.807) is 6.33 Å². The lowest BCUT2D eigenvalue weighted by Crippen LogP contribution is -2.35. The first-order chi connectivity index (χ1) is 15.3. The van der Waals surface area contributed by atoms with Crippen molar-refractivity contribution in [3.63, 3.8) is 0 Å². The molecule has 0 aliphatic carbocycles. The van der Waals surface area contributed by atoms with Crippen molar-refractivity contribution >= 4 is 16.9 Å². The van der Waals surface area contributed by atoms with Gasteiger partial charge in [0.2, 0.25) is 0 Å². The summed E-state index contributed by atoms with van der Waals surface area (Å²) >= 11 is 0. The molecule has 6 nitrogen and oxygen atoms in total. The quantitative estimate of drug-likeness (QED) is 0.418. The van der Waals surface area contributed by atoms with Crippen LogP contribution in [0.1, 0.15) is 31.4 Å². The van der Waals surface area contributed by atoms with Gasteiger partial charge >= 0.3 is 0 Å². The fourth-order valence-corrected chi connectivity index (χ4v) is 4.08. The first-order valence-corrected chi connectivity index (χ1v) is 10.9. The maximum atomic E-state index is 6.11. The third-order valence-electron chi connectivity index (χ3n) is 5.85. The Morgan fingerprint density at radius 2 is 1.77 bits per heavy atom. The third kappa shape index (κ3) is 4.39. The van der Waals surface area contributed by atoms with Crippen LogP contribution in [0.15, 0.2) is 67.0 Å². The highest BCUT2D eigenvalue weighted by Crippen LogP contribution is 2.29. The summed E-state index contributed by atoms with van der Waals surface area (Å²) in [5.41, 5.74) is 4.12. The van der Waals surface area contributed by atoms with Gasteiger partial charge in [0.25, 0.3) is 0 Å². The maximum absolute atomic E-state index is 6.11. The fraction of sp³-hybridized carbons (Fsp3) is 0.280. The van der Waals surface area contributed by atoms with Gasteiger partial charge in [-0.15, -0.1) is 0 Å². The van der Waals surface area contributed by atoms with Crippen molar-refractivity contribution in [2.75, 3.05) is 18.4 Å². The molecule has 0 saturated carbocycles. The molecule has 1 saturated heterocycles. The van der Waals surface area contributed by atoms with Gasteiger partial charge < -0.3 is 20.4 Å². The molecule has 3 N–H and O–H groups in total. The molecule has 31 heavy (non-hydrogen) atoms. The predicted molar refractivity (Wildman–Crippen MR) is 124 cm³/mol. The number of anilines is 1. The van der Waals surface area contributed by atoms with Crippen LogP contribution in [0.5, 0.6) is 5.75 Å². The third-order valence-corrected chi connectivity index (χ3v) is 5.85. The molecule has 4 aromatic rings. The van der Waals surface area contributed by atoms with Gasteiger partial charge in [-0.05, 0) is 74.3 Å². The maximum Gasteiger partial charge on any atom is 0.143 e. The second-order valence-electron chi connectivity index (χ2n) is 8.03. The Morgan fingerprint density at radius 1 is 1.00 bits per heavy atom. The van der Waals surface area contributed by atoms with Crippen molar-refractivity contribution in [3.8, 4) is 17.0 Å². The van der Waals surface area contributed by atoms with E-state index in [9.17, 15) is 0 Å². The number of ether oxygens (including phenoxy) is 1. The highest BCUT2D eigenvalue weighted by Gasteiger charge is 2.16. The molecule has 1 unspecified atom stereocenters. The van der Waals surface area contributed by atoms with E-state index in [4.69, 9.17) is 4.74 Å². The summed E-state index contributed by atoms with van der Waals surface area (Å²) in [5.74, 6) is 1.75. The molecule has 2 aromatic carbocycles. The molecule has 1 fully saturated rings. The van der Waals surface area contributed by atoms with Crippen LogP contribution in [0.2, 0.25) is 0 Å². The number of aromatic nitrogens is 3. The van der Waals surface area contributed by atoms with E-state index in [0.717, 1.165) is 65.4 Å². The summed E-state index contributed by atoms with van der Waals surface area (Å²) in [6, 6.07) is 21.0. The van der Waals surface area contributed by atoms with E-state index in [1.807, 2.05) is 30.3 Å². The minimum absolute atomic E-state index is 0.000907. The van der Waals surface area contributed by atoms with Gasteiger partial charge in [-0.2, -0.15) is 0 Å².